The van der Waals surface area contributed by atoms with Crippen LogP contribution in [0.1, 0.15) is 32.0 Å². The van der Waals surface area contributed by atoms with Crippen molar-refractivity contribution in [1.29, 1.82) is 0 Å². The summed E-state index contributed by atoms with van der Waals surface area (Å²) < 4.78 is 5.87. The predicted molar refractivity (Wildman–Crippen MR) is 93.0 cm³/mol. The van der Waals surface area contributed by atoms with E-state index in [4.69, 9.17) is 16.6 Å². The highest BCUT2D eigenvalue weighted by atomic mass is 79.9. The number of hydrazine groups is 1. The maximum Gasteiger partial charge on any atom is 0.273 e. The minimum Gasteiger partial charge on any atom is -0.469 e. The normalized spacial score (nSPS) is 10.0. The summed E-state index contributed by atoms with van der Waals surface area (Å²) in [4.78, 5) is 23.9. The van der Waals surface area contributed by atoms with E-state index >= 15 is 0 Å². The molecule has 6 nitrogen and oxygen atoms in total. The molecule has 0 aliphatic heterocycles. The number of thiocarbonyl (C=S) groups is 1. The summed E-state index contributed by atoms with van der Waals surface area (Å²) in [5.41, 5.74) is 6.71. The van der Waals surface area contributed by atoms with Crippen molar-refractivity contribution < 1.29 is 14.0 Å². The lowest BCUT2D eigenvalue weighted by Gasteiger charge is -2.11. The molecule has 0 fully saturated rings. The van der Waals surface area contributed by atoms with Crippen LogP contribution in [0.2, 0.25) is 0 Å². The van der Waals surface area contributed by atoms with Gasteiger partial charge < -0.3 is 4.42 Å². The average Bonchev–Trinajstić information content (AvgIpc) is 2.93. The van der Waals surface area contributed by atoms with Gasteiger partial charge in [-0.15, -0.1) is 0 Å². The molecule has 0 aliphatic rings. The van der Waals surface area contributed by atoms with Crippen molar-refractivity contribution >= 4 is 45.1 Å². The number of rotatable bonds is 2. The van der Waals surface area contributed by atoms with Crippen molar-refractivity contribution in [3.63, 3.8) is 0 Å². The Labute approximate surface area is 146 Å². The van der Waals surface area contributed by atoms with E-state index in [0.717, 1.165) is 10.0 Å². The Balaban J connectivity index is 1.89. The quantitative estimate of drug-likeness (QED) is 0.537. The molecular formula is C15H14BrN3O3S. The minimum atomic E-state index is -0.411. The monoisotopic (exact) mass is 395 g/mol. The zero-order chi connectivity index (χ0) is 17.0. The van der Waals surface area contributed by atoms with E-state index in [2.05, 4.69) is 32.1 Å². The van der Waals surface area contributed by atoms with E-state index in [0.29, 0.717) is 16.9 Å². The van der Waals surface area contributed by atoms with Crippen LogP contribution in [-0.2, 0) is 0 Å². The molecule has 0 bridgehead atoms. The van der Waals surface area contributed by atoms with Crippen LogP contribution in [0, 0.1) is 13.8 Å². The molecule has 2 rings (SSSR count). The maximum absolute atomic E-state index is 12.1. The van der Waals surface area contributed by atoms with Crippen molar-refractivity contribution in [1.82, 2.24) is 16.2 Å². The number of furan rings is 1. The van der Waals surface area contributed by atoms with Crippen molar-refractivity contribution in [2.24, 2.45) is 0 Å². The van der Waals surface area contributed by atoms with Gasteiger partial charge in [0.25, 0.3) is 11.8 Å². The van der Waals surface area contributed by atoms with Crippen LogP contribution in [0.25, 0.3) is 0 Å². The first-order valence-electron chi connectivity index (χ1n) is 6.60. The molecular weight excluding hydrogens is 382 g/mol. The van der Waals surface area contributed by atoms with Gasteiger partial charge in [0, 0.05) is 10.0 Å². The molecule has 0 atom stereocenters. The van der Waals surface area contributed by atoms with Gasteiger partial charge >= 0.3 is 0 Å². The number of benzene rings is 1. The summed E-state index contributed by atoms with van der Waals surface area (Å²) in [6, 6.07) is 6.74. The Morgan fingerprint density at radius 2 is 1.87 bits per heavy atom. The second kappa shape index (κ2) is 7.38. The van der Waals surface area contributed by atoms with Gasteiger partial charge in [0.2, 0.25) is 0 Å². The smallest absolute Gasteiger partial charge is 0.273 e. The van der Waals surface area contributed by atoms with Gasteiger partial charge in [-0.3, -0.25) is 25.8 Å². The molecule has 0 aliphatic carbocycles. The van der Waals surface area contributed by atoms with Gasteiger partial charge in [0.05, 0.1) is 11.8 Å². The van der Waals surface area contributed by atoms with Gasteiger partial charge in [0.15, 0.2) is 5.11 Å². The van der Waals surface area contributed by atoms with E-state index in [9.17, 15) is 9.59 Å². The molecule has 8 heteroatoms. The number of carbonyl (C=O) groups excluding carboxylic acids is 2. The number of amides is 2. The molecule has 120 valence electrons. The van der Waals surface area contributed by atoms with E-state index in [1.165, 1.54) is 12.3 Å². The Bertz CT molecular complexity index is 773. The molecule has 0 spiro atoms. The number of halogens is 1. The van der Waals surface area contributed by atoms with Crippen LogP contribution in [0.5, 0.6) is 0 Å². The number of carbonyl (C=O) groups is 2. The standard InChI is InChI=1S/C15H14BrN3O3S/c1-8-3-4-10(7-12(8)16)13(20)17-15(23)19-18-14(21)11-5-6-22-9(11)2/h3-7H,1-2H3,(H,18,21)(H2,17,19,20,23). The summed E-state index contributed by atoms with van der Waals surface area (Å²) in [7, 11) is 0. The highest BCUT2D eigenvalue weighted by molar-refractivity contribution is 9.10. The fraction of sp³-hybridized carbons (Fsp3) is 0.133. The molecule has 0 saturated carbocycles. The lowest BCUT2D eigenvalue weighted by Crippen LogP contribution is -2.48. The summed E-state index contributed by atoms with van der Waals surface area (Å²) in [5, 5.41) is 2.47. The Morgan fingerprint density at radius 3 is 2.48 bits per heavy atom. The third kappa shape index (κ3) is 4.40. The molecule has 1 aromatic heterocycles. The number of hydrogen-bond donors (Lipinski definition) is 3. The van der Waals surface area contributed by atoms with E-state index < -0.39 is 5.91 Å². The average molecular weight is 396 g/mol. The Morgan fingerprint density at radius 1 is 1.13 bits per heavy atom. The molecule has 0 unspecified atom stereocenters. The van der Waals surface area contributed by atoms with Crippen LogP contribution < -0.4 is 16.2 Å². The highest BCUT2D eigenvalue weighted by Gasteiger charge is 2.13. The van der Waals surface area contributed by atoms with Gasteiger partial charge in [-0.2, -0.15) is 0 Å². The summed E-state index contributed by atoms with van der Waals surface area (Å²) in [6.45, 7) is 3.59. The zero-order valence-electron chi connectivity index (χ0n) is 12.4. The third-order valence-corrected chi connectivity index (χ3v) is 4.11. The summed E-state index contributed by atoms with van der Waals surface area (Å²) in [5.74, 6) is -0.299. The lowest BCUT2D eigenvalue weighted by atomic mass is 10.1. The van der Waals surface area contributed by atoms with Crippen molar-refractivity contribution in [2.45, 2.75) is 13.8 Å². The Hall–Kier alpha value is -2.19. The largest absolute Gasteiger partial charge is 0.469 e. The van der Waals surface area contributed by atoms with Crippen LogP contribution in [0.4, 0.5) is 0 Å². The number of aryl methyl sites for hydroxylation is 2. The highest BCUT2D eigenvalue weighted by Crippen LogP contribution is 2.17. The van der Waals surface area contributed by atoms with Gasteiger partial charge in [-0.1, -0.05) is 22.0 Å². The first-order valence-corrected chi connectivity index (χ1v) is 7.80. The molecule has 2 aromatic rings. The third-order valence-electron chi connectivity index (χ3n) is 3.05. The van der Waals surface area contributed by atoms with E-state index in [1.54, 1.807) is 19.1 Å². The van der Waals surface area contributed by atoms with Crippen molar-refractivity contribution in [3.05, 3.63) is 57.5 Å². The van der Waals surface area contributed by atoms with Gasteiger partial charge in [0.1, 0.15) is 5.76 Å². The molecule has 0 radical (unpaired) electrons. The fourth-order valence-corrected chi connectivity index (χ4v) is 2.26. The summed E-state index contributed by atoms with van der Waals surface area (Å²) in [6.07, 6.45) is 1.42. The van der Waals surface area contributed by atoms with Crippen LogP contribution in [0.15, 0.2) is 39.4 Å². The van der Waals surface area contributed by atoms with Crippen LogP contribution in [-0.4, -0.2) is 16.9 Å². The van der Waals surface area contributed by atoms with Crippen molar-refractivity contribution in [3.8, 4) is 0 Å². The molecule has 1 heterocycles. The van der Waals surface area contributed by atoms with Gasteiger partial charge in [-0.25, -0.2) is 0 Å². The first-order chi connectivity index (χ1) is 10.9. The Kier molecular flexibility index (Phi) is 5.51. The van der Waals surface area contributed by atoms with Gasteiger partial charge in [-0.05, 0) is 49.8 Å². The fourth-order valence-electron chi connectivity index (χ4n) is 1.74. The van der Waals surface area contributed by atoms with E-state index in [-0.39, 0.29) is 11.0 Å². The molecule has 3 N–H and O–H groups in total. The van der Waals surface area contributed by atoms with Crippen LogP contribution >= 0.6 is 28.1 Å². The SMILES string of the molecule is Cc1ccc(C(=O)NC(=S)NNC(=O)c2ccoc2C)cc1Br. The second-order valence-corrected chi connectivity index (χ2v) is 5.98. The number of hydrogen-bond acceptors (Lipinski definition) is 4. The topological polar surface area (TPSA) is 83.4 Å². The molecule has 1 aromatic carbocycles. The summed E-state index contributed by atoms with van der Waals surface area (Å²) >= 11 is 8.34. The molecule has 2 amide bonds. The zero-order valence-corrected chi connectivity index (χ0v) is 14.8. The predicted octanol–water partition coefficient (Wildman–Crippen LogP) is 2.61. The molecule has 0 saturated heterocycles. The van der Waals surface area contributed by atoms with Crippen molar-refractivity contribution in [2.75, 3.05) is 0 Å². The molecule has 23 heavy (non-hydrogen) atoms. The maximum atomic E-state index is 12.1. The second-order valence-electron chi connectivity index (χ2n) is 4.72. The minimum absolute atomic E-state index is 0.0128. The first kappa shape index (κ1) is 17.2. The number of nitrogens with one attached hydrogen (secondary N) is 3. The van der Waals surface area contributed by atoms with E-state index in [1.807, 2.05) is 13.0 Å². The van der Waals surface area contributed by atoms with Crippen LogP contribution in [0.3, 0.4) is 0 Å². The lowest BCUT2D eigenvalue weighted by molar-refractivity contribution is 0.0933.